The number of fused-ring (bicyclic) bond motifs is 1. The minimum absolute atomic E-state index is 0.689. The molecule has 4 rings (SSSR count). The average molecular weight is 324 g/mol. The molecule has 3 aromatic rings. The number of nitrogens with zero attached hydrogens (tertiary/aromatic N) is 5. The largest absolute Gasteiger partial charge is 0.378 e. The van der Waals surface area contributed by atoms with Gasteiger partial charge in [0.1, 0.15) is 11.6 Å². The van der Waals surface area contributed by atoms with Gasteiger partial charge in [0.2, 0.25) is 0 Å². The van der Waals surface area contributed by atoms with Crippen molar-refractivity contribution in [1.29, 1.82) is 0 Å². The van der Waals surface area contributed by atoms with Gasteiger partial charge in [-0.1, -0.05) is 6.07 Å². The van der Waals surface area contributed by atoms with E-state index >= 15 is 0 Å². The Morgan fingerprint density at radius 2 is 2.12 bits per heavy atom. The molecule has 0 spiro atoms. The van der Waals surface area contributed by atoms with Crippen molar-refractivity contribution in [3.63, 3.8) is 0 Å². The predicted molar refractivity (Wildman–Crippen MR) is 92.3 cm³/mol. The van der Waals surface area contributed by atoms with E-state index in [0.29, 0.717) is 6.54 Å². The minimum Gasteiger partial charge on any atom is -0.378 e. The molecule has 7 heteroatoms. The van der Waals surface area contributed by atoms with Gasteiger partial charge in [0.15, 0.2) is 5.65 Å². The molecule has 124 valence electrons. The number of morpholine rings is 1. The average Bonchev–Trinajstić information content (AvgIpc) is 3.02. The third-order valence-corrected chi connectivity index (χ3v) is 4.17. The number of ether oxygens (including phenoxy) is 1. The van der Waals surface area contributed by atoms with Gasteiger partial charge in [-0.2, -0.15) is 9.61 Å². The molecule has 0 atom stereocenters. The van der Waals surface area contributed by atoms with E-state index in [9.17, 15) is 0 Å². The van der Waals surface area contributed by atoms with Gasteiger partial charge < -0.3 is 15.0 Å². The fourth-order valence-electron chi connectivity index (χ4n) is 2.84. The summed E-state index contributed by atoms with van der Waals surface area (Å²) in [5.41, 5.74) is 3.07. The zero-order valence-electron chi connectivity index (χ0n) is 13.6. The Bertz CT molecular complexity index is 826. The highest BCUT2D eigenvalue weighted by Crippen LogP contribution is 2.22. The molecule has 0 unspecified atom stereocenters. The molecule has 1 N–H and O–H groups in total. The van der Waals surface area contributed by atoms with Crippen molar-refractivity contribution in [3.8, 4) is 0 Å². The quantitative estimate of drug-likeness (QED) is 0.790. The summed E-state index contributed by atoms with van der Waals surface area (Å²) in [7, 11) is 0. The molecule has 1 fully saturated rings. The highest BCUT2D eigenvalue weighted by molar-refractivity contribution is 5.60. The van der Waals surface area contributed by atoms with Gasteiger partial charge in [-0.25, -0.2) is 4.98 Å². The number of anilines is 2. The normalized spacial score (nSPS) is 15.0. The fraction of sp³-hybridized carbons (Fsp3) is 0.353. The van der Waals surface area contributed by atoms with Gasteiger partial charge in [0, 0.05) is 43.7 Å². The third-order valence-electron chi connectivity index (χ3n) is 4.17. The van der Waals surface area contributed by atoms with Gasteiger partial charge in [-0.15, -0.1) is 0 Å². The maximum Gasteiger partial charge on any atom is 0.162 e. The molecule has 1 aliphatic rings. The summed E-state index contributed by atoms with van der Waals surface area (Å²) < 4.78 is 7.30. The van der Waals surface area contributed by atoms with Gasteiger partial charge in [0.25, 0.3) is 0 Å². The molecule has 24 heavy (non-hydrogen) atoms. The second kappa shape index (κ2) is 6.45. The molecule has 0 radical (unpaired) electrons. The topological polar surface area (TPSA) is 67.6 Å². The van der Waals surface area contributed by atoms with Crippen LogP contribution in [0, 0.1) is 6.92 Å². The van der Waals surface area contributed by atoms with Gasteiger partial charge >= 0.3 is 0 Å². The van der Waals surface area contributed by atoms with Crippen molar-refractivity contribution in [1.82, 2.24) is 19.6 Å². The molecular weight excluding hydrogens is 304 g/mol. The Hall–Kier alpha value is -2.67. The van der Waals surface area contributed by atoms with Gasteiger partial charge in [0.05, 0.1) is 19.4 Å². The molecular formula is C17H20N6O. The van der Waals surface area contributed by atoms with Crippen molar-refractivity contribution in [2.24, 2.45) is 0 Å². The summed E-state index contributed by atoms with van der Waals surface area (Å²) in [5.74, 6) is 1.89. The van der Waals surface area contributed by atoms with E-state index in [1.54, 1.807) is 6.20 Å². The van der Waals surface area contributed by atoms with Crippen LogP contribution in [0.4, 0.5) is 11.6 Å². The van der Waals surface area contributed by atoms with E-state index < -0.39 is 0 Å². The number of hydrogen-bond acceptors (Lipinski definition) is 6. The van der Waals surface area contributed by atoms with Gasteiger partial charge in [-0.3, -0.25) is 4.98 Å². The van der Waals surface area contributed by atoms with Crippen LogP contribution < -0.4 is 10.2 Å². The highest BCUT2D eigenvalue weighted by Gasteiger charge is 2.16. The first-order valence-corrected chi connectivity index (χ1v) is 8.12. The van der Waals surface area contributed by atoms with Crippen molar-refractivity contribution in [3.05, 3.63) is 47.9 Å². The van der Waals surface area contributed by atoms with Crippen LogP contribution in [-0.4, -0.2) is 45.9 Å². The van der Waals surface area contributed by atoms with Crippen LogP contribution in [0.3, 0.4) is 0 Å². The molecule has 0 saturated carbocycles. The fourth-order valence-corrected chi connectivity index (χ4v) is 2.84. The van der Waals surface area contributed by atoms with Crippen LogP contribution in [0.2, 0.25) is 0 Å². The minimum atomic E-state index is 0.689. The van der Waals surface area contributed by atoms with Crippen LogP contribution >= 0.6 is 0 Å². The highest BCUT2D eigenvalue weighted by atomic mass is 16.5. The maximum absolute atomic E-state index is 5.44. The Kier molecular flexibility index (Phi) is 4.00. The van der Waals surface area contributed by atoms with Crippen LogP contribution in [0.15, 0.2) is 36.8 Å². The molecule has 0 aliphatic carbocycles. The number of nitrogens with one attached hydrogen (secondary N) is 1. The Balaban J connectivity index is 1.67. The Labute approximate surface area is 140 Å². The van der Waals surface area contributed by atoms with E-state index in [1.165, 1.54) is 0 Å². The summed E-state index contributed by atoms with van der Waals surface area (Å²) >= 11 is 0. The first kappa shape index (κ1) is 14.9. The van der Waals surface area contributed by atoms with Gasteiger partial charge in [-0.05, 0) is 18.6 Å². The van der Waals surface area contributed by atoms with Crippen LogP contribution in [0.1, 0.15) is 11.1 Å². The number of rotatable bonds is 4. The SMILES string of the molecule is Cc1cnn2c(NCc3cccnc3)cc(N3CCOCC3)nc12. The smallest absolute Gasteiger partial charge is 0.162 e. The molecule has 0 amide bonds. The van der Waals surface area contributed by atoms with Crippen molar-refractivity contribution >= 4 is 17.3 Å². The van der Waals surface area contributed by atoms with E-state index in [1.807, 2.05) is 29.9 Å². The molecule has 4 heterocycles. The van der Waals surface area contributed by atoms with Crippen molar-refractivity contribution < 1.29 is 4.74 Å². The number of aryl methyl sites for hydroxylation is 1. The van der Waals surface area contributed by atoms with Crippen molar-refractivity contribution in [2.75, 3.05) is 36.5 Å². The summed E-state index contributed by atoms with van der Waals surface area (Å²) in [6, 6.07) is 6.05. The Morgan fingerprint density at radius 1 is 1.25 bits per heavy atom. The lowest BCUT2D eigenvalue weighted by atomic mass is 10.3. The predicted octanol–water partition coefficient (Wildman–Crippen LogP) is 1.88. The van der Waals surface area contributed by atoms with Crippen LogP contribution in [-0.2, 0) is 11.3 Å². The van der Waals surface area contributed by atoms with E-state index in [0.717, 1.165) is 54.7 Å². The molecule has 3 aromatic heterocycles. The molecule has 7 nitrogen and oxygen atoms in total. The van der Waals surface area contributed by atoms with E-state index in [4.69, 9.17) is 9.72 Å². The zero-order chi connectivity index (χ0) is 16.4. The molecule has 1 aliphatic heterocycles. The lowest BCUT2D eigenvalue weighted by Gasteiger charge is -2.28. The summed E-state index contributed by atoms with van der Waals surface area (Å²) in [5, 5.41) is 7.91. The molecule has 0 aromatic carbocycles. The Morgan fingerprint density at radius 3 is 2.92 bits per heavy atom. The first-order valence-electron chi connectivity index (χ1n) is 8.12. The summed E-state index contributed by atoms with van der Waals surface area (Å²) in [4.78, 5) is 11.2. The van der Waals surface area contributed by atoms with Crippen molar-refractivity contribution in [2.45, 2.75) is 13.5 Å². The molecule has 0 bridgehead atoms. The first-order chi connectivity index (χ1) is 11.8. The van der Waals surface area contributed by atoms with Crippen LogP contribution in [0.25, 0.3) is 5.65 Å². The molecule has 1 saturated heterocycles. The van der Waals surface area contributed by atoms with E-state index in [-0.39, 0.29) is 0 Å². The maximum atomic E-state index is 5.44. The monoisotopic (exact) mass is 324 g/mol. The van der Waals surface area contributed by atoms with Crippen LogP contribution in [0.5, 0.6) is 0 Å². The number of hydrogen-bond donors (Lipinski definition) is 1. The zero-order valence-corrected chi connectivity index (χ0v) is 13.6. The van der Waals surface area contributed by atoms with E-state index in [2.05, 4.69) is 32.4 Å². The lowest BCUT2D eigenvalue weighted by molar-refractivity contribution is 0.122. The summed E-state index contributed by atoms with van der Waals surface area (Å²) in [6.07, 6.45) is 5.49. The standard InChI is InChI=1S/C17H20N6O/c1-13-10-20-23-15(19-12-14-3-2-4-18-11-14)9-16(21-17(13)23)22-5-7-24-8-6-22/h2-4,9-11,19H,5-8,12H2,1H3. The lowest BCUT2D eigenvalue weighted by Crippen LogP contribution is -2.36. The number of aromatic nitrogens is 4. The second-order valence-corrected chi connectivity index (χ2v) is 5.88. The third kappa shape index (κ3) is 2.90. The number of pyridine rings is 1. The summed E-state index contributed by atoms with van der Waals surface area (Å²) in [6.45, 7) is 5.92. The second-order valence-electron chi connectivity index (χ2n) is 5.88.